The van der Waals surface area contributed by atoms with Gasteiger partial charge in [-0.25, -0.2) is 0 Å². The van der Waals surface area contributed by atoms with Crippen molar-refractivity contribution in [2.75, 3.05) is 0 Å². The smallest absolute Gasteiger partial charge is 0.398 e. The highest BCUT2D eigenvalue weighted by Crippen LogP contribution is 2.36. The Balaban J connectivity index is 1.83. The predicted molar refractivity (Wildman–Crippen MR) is 83.2 cm³/mol. The van der Waals surface area contributed by atoms with Crippen LogP contribution >= 0.6 is 0 Å². The minimum Gasteiger partial charge on any atom is -0.398 e. The summed E-state index contributed by atoms with van der Waals surface area (Å²) in [6, 6.07) is 7.91. The first-order valence-electron chi connectivity index (χ1n) is 7.11. The van der Waals surface area contributed by atoms with Crippen LogP contribution in [0.25, 0.3) is 11.1 Å². The Bertz CT molecular complexity index is 610. The van der Waals surface area contributed by atoms with Crippen LogP contribution in [0.3, 0.4) is 0 Å². The molecule has 0 aliphatic carbocycles. The number of hydrogen-bond donors (Lipinski definition) is 0. The van der Waals surface area contributed by atoms with E-state index in [1.807, 2.05) is 58.2 Å². The van der Waals surface area contributed by atoms with Gasteiger partial charge in [-0.3, -0.25) is 9.97 Å². The van der Waals surface area contributed by atoms with Gasteiger partial charge in [0.25, 0.3) is 0 Å². The minimum absolute atomic E-state index is 0.344. The van der Waals surface area contributed by atoms with E-state index in [-0.39, 0.29) is 11.2 Å². The molecule has 3 heterocycles. The molecule has 0 bridgehead atoms. The van der Waals surface area contributed by atoms with E-state index in [1.165, 1.54) is 0 Å². The van der Waals surface area contributed by atoms with Gasteiger partial charge in [0.1, 0.15) is 0 Å². The van der Waals surface area contributed by atoms with Crippen LogP contribution in [0.4, 0.5) is 0 Å². The maximum absolute atomic E-state index is 6.00. The van der Waals surface area contributed by atoms with Crippen LogP contribution in [-0.2, 0) is 9.31 Å². The summed E-state index contributed by atoms with van der Waals surface area (Å²) in [7, 11) is -0.415. The highest BCUT2D eigenvalue weighted by Gasteiger charge is 2.52. The molecule has 5 heteroatoms. The third-order valence-corrected chi connectivity index (χ3v) is 4.29. The zero-order valence-electron chi connectivity index (χ0n) is 12.8. The second kappa shape index (κ2) is 4.93. The van der Waals surface area contributed by atoms with Gasteiger partial charge in [0, 0.05) is 24.2 Å². The lowest BCUT2D eigenvalue weighted by Gasteiger charge is -2.32. The molecule has 1 aliphatic rings. The van der Waals surface area contributed by atoms with E-state index in [9.17, 15) is 0 Å². The Labute approximate surface area is 125 Å². The number of pyridine rings is 2. The molecule has 0 N–H and O–H groups in total. The highest BCUT2D eigenvalue weighted by molar-refractivity contribution is 6.61. The molecule has 0 radical (unpaired) electrons. The molecule has 0 amide bonds. The topological polar surface area (TPSA) is 44.2 Å². The molecule has 0 spiro atoms. The summed E-state index contributed by atoms with van der Waals surface area (Å²) in [5.74, 6) is 0. The van der Waals surface area contributed by atoms with Crippen LogP contribution in [-0.4, -0.2) is 28.3 Å². The van der Waals surface area contributed by atoms with Crippen molar-refractivity contribution in [1.29, 1.82) is 0 Å². The second-order valence-electron chi connectivity index (χ2n) is 6.30. The fourth-order valence-corrected chi connectivity index (χ4v) is 2.22. The largest absolute Gasteiger partial charge is 0.514 e. The van der Waals surface area contributed by atoms with E-state index in [0.717, 1.165) is 16.7 Å². The van der Waals surface area contributed by atoms with Crippen LogP contribution in [0, 0.1) is 0 Å². The van der Waals surface area contributed by atoms with Crippen molar-refractivity contribution in [2.24, 2.45) is 0 Å². The molecule has 2 aromatic heterocycles. The maximum atomic E-state index is 6.00. The first kappa shape index (κ1) is 14.2. The van der Waals surface area contributed by atoms with Crippen molar-refractivity contribution in [3.05, 3.63) is 42.9 Å². The van der Waals surface area contributed by atoms with Crippen LogP contribution < -0.4 is 5.59 Å². The van der Waals surface area contributed by atoms with Gasteiger partial charge in [-0.1, -0.05) is 6.07 Å². The first-order chi connectivity index (χ1) is 9.89. The summed E-state index contributed by atoms with van der Waals surface area (Å²) in [6.07, 6.45) is 5.39. The van der Waals surface area contributed by atoms with Crippen LogP contribution in [0.15, 0.2) is 42.9 Å². The van der Waals surface area contributed by atoms with Gasteiger partial charge in [0.2, 0.25) is 0 Å². The Kier molecular flexibility index (Phi) is 3.34. The zero-order chi connectivity index (χ0) is 15.1. The SMILES string of the molecule is CC1(C)OB(c2ccc(-c3ccncc3)cn2)OC1(C)C. The van der Waals surface area contributed by atoms with E-state index >= 15 is 0 Å². The predicted octanol–water partition coefficient (Wildman–Crippen LogP) is 2.44. The number of hydrogen-bond acceptors (Lipinski definition) is 4. The number of rotatable bonds is 2. The monoisotopic (exact) mass is 282 g/mol. The lowest BCUT2D eigenvalue weighted by atomic mass is 9.84. The first-order valence-corrected chi connectivity index (χ1v) is 7.11. The molecule has 21 heavy (non-hydrogen) atoms. The molecule has 1 aliphatic heterocycles. The molecule has 1 saturated heterocycles. The van der Waals surface area contributed by atoms with E-state index in [1.54, 1.807) is 12.4 Å². The minimum atomic E-state index is -0.415. The maximum Gasteiger partial charge on any atom is 0.514 e. The van der Waals surface area contributed by atoms with E-state index < -0.39 is 7.12 Å². The summed E-state index contributed by atoms with van der Waals surface area (Å²) in [5.41, 5.74) is 2.26. The zero-order valence-corrected chi connectivity index (χ0v) is 12.8. The van der Waals surface area contributed by atoms with Crippen LogP contribution in [0.2, 0.25) is 0 Å². The van der Waals surface area contributed by atoms with E-state index in [0.29, 0.717) is 0 Å². The van der Waals surface area contributed by atoms with E-state index in [4.69, 9.17) is 9.31 Å². The van der Waals surface area contributed by atoms with Gasteiger partial charge in [-0.15, -0.1) is 0 Å². The molecule has 2 aromatic rings. The molecular weight excluding hydrogens is 263 g/mol. The van der Waals surface area contributed by atoms with E-state index in [2.05, 4.69) is 9.97 Å². The average Bonchev–Trinajstić information content (AvgIpc) is 2.69. The fourth-order valence-electron chi connectivity index (χ4n) is 2.22. The van der Waals surface area contributed by atoms with Crippen molar-refractivity contribution in [3.63, 3.8) is 0 Å². The third kappa shape index (κ3) is 2.59. The summed E-state index contributed by atoms with van der Waals surface area (Å²) < 4.78 is 12.0. The summed E-state index contributed by atoms with van der Waals surface area (Å²) in [5, 5.41) is 0. The van der Waals surface area contributed by atoms with Gasteiger partial charge in [-0.2, -0.15) is 0 Å². The Morgan fingerprint density at radius 1 is 0.857 bits per heavy atom. The Hall–Kier alpha value is -1.72. The van der Waals surface area contributed by atoms with Gasteiger partial charge < -0.3 is 9.31 Å². The van der Waals surface area contributed by atoms with Crippen molar-refractivity contribution < 1.29 is 9.31 Å². The number of aromatic nitrogens is 2. The number of nitrogens with zero attached hydrogens (tertiary/aromatic N) is 2. The molecule has 4 nitrogen and oxygen atoms in total. The molecule has 0 atom stereocenters. The standard InChI is InChI=1S/C16H19BN2O2/c1-15(2)16(3,4)21-17(20-15)14-6-5-13(11-19-14)12-7-9-18-10-8-12/h5-11H,1-4H3. The van der Waals surface area contributed by atoms with Gasteiger partial charge in [0.05, 0.1) is 16.8 Å². The quantitative estimate of drug-likeness (QED) is 0.794. The lowest BCUT2D eigenvalue weighted by molar-refractivity contribution is 0.00578. The van der Waals surface area contributed by atoms with Crippen molar-refractivity contribution >= 4 is 12.7 Å². The van der Waals surface area contributed by atoms with Crippen molar-refractivity contribution in [3.8, 4) is 11.1 Å². The summed E-state index contributed by atoms with van der Waals surface area (Å²) in [6.45, 7) is 8.16. The third-order valence-electron chi connectivity index (χ3n) is 4.29. The Morgan fingerprint density at radius 3 is 2.00 bits per heavy atom. The molecule has 3 rings (SSSR count). The second-order valence-corrected chi connectivity index (χ2v) is 6.30. The summed E-state index contributed by atoms with van der Waals surface area (Å²) in [4.78, 5) is 8.52. The van der Waals surface area contributed by atoms with Crippen LogP contribution in [0.1, 0.15) is 27.7 Å². The summed E-state index contributed by atoms with van der Waals surface area (Å²) >= 11 is 0. The van der Waals surface area contributed by atoms with Gasteiger partial charge in [0.15, 0.2) is 0 Å². The molecule has 0 unspecified atom stereocenters. The van der Waals surface area contributed by atoms with Crippen molar-refractivity contribution in [2.45, 2.75) is 38.9 Å². The molecule has 0 saturated carbocycles. The molecule has 0 aromatic carbocycles. The van der Waals surface area contributed by atoms with Crippen LogP contribution in [0.5, 0.6) is 0 Å². The molecule has 1 fully saturated rings. The molecule has 108 valence electrons. The van der Waals surface area contributed by atoms with Gasteiger partial charge in [-0.05, 0) is 51.5 Å². The van der Waals surface area contributed by atoms with Gasteiger partial charge >= 0.3 is 7.12 Å². The average molecular weight is 282 g/mol. The lowest BCUT2D eigenvalue weighted by Crippen LogP contribution is -2.41. The van der Waals surface area contributed by atoms with Crippen molar-refractivity contribution in [1.82, 2.24) is 9.97 Å². The highest BCUT2D eigenvalue weighted by atomic mass is 16.7. The normalized spacial score (nSPS) is 19.7. The Morgan fingerprint density at radius 2 is 1.48 bits per heavy atom. The molecular formula is C16H19BN2O2. The fraction of sp³-hybridized carbons (Fsp3) is 0.375.